The number of aromatic nitrogens is 3. The molecule has 5 rings (SSSR count). The highest BCUT2D eigenvalue weighted by molar-refractivity contribution is 7.20. The van der Waals surface area contributed by atoms with E-state index < -0.39 is 0 Å². The zero-order valence-corrected chi connectivity index (χ0v) is 20.4. The predicted molar refractivity (Wildman–Crippen MR) is 132 cm³/mol. The summed E-state index contributed by atoms with van der Waals surface area (Å²) in [6.45, 7) is 6.93. The van der Waals surface area contributed by atoms with E-state index >= 15 is 0 Å². The Morgan fingerprint density at radius 3 is 2.68 bits per heavy atom. The molecule has 0 aliphatic carbocycles. The molecule has 34 heavy (non-hydrogen) atoms. The third-order valence-electron chi connectivity index (χ3n) is 5.84. The Morgan fingerprint density at radius 2 is 1.91 bits per heavy atom. The second-order valence-electron chi connectivity index (χ2n) is 7.97. The van der Waals surface area contributed by atoms with Crippen LogP contribution in [0.4, 0.5) is 5.82 Å². The average Bonchev–Trinajstić information content (AvgIpc) is 3.40. The van der Waals surface area contributed by atoms with E-state index in [-0.39, 0.29) is 11.8 Å². The van der Waals surface area contributed by atoms with Crippen molar-refractivity contribution in [3.63, 3.8) is 0 Å². The van der Waals surface area contributed by atoms with Crippen molar-refractivity contribution in [1.82, 2.24) is 14.8 Å². The fraction of sp³-hybridized carbons (Fsp3) is 0.320. The summed E-state index contributed by atoms with van der Waals surface area (Å²) in [6, 6.07) is 11.7. The van der Waals surface area contributed by atoms with Crippen LogP contribution in [-0.4, -0.2) is 41.0 Å². The summed E-state index contributed by atoms with van der Waals surface area (Å²) in [6.07, 6.45) is 0.329. The number of aryl methyl sites for hydroxylation is 1. The molecule has 1 atom stereocenters. The lowest BCUT2D eigenvalue weighted by molar-refractivity contribution is -0.116. The number of rotatable bonds is 7. The number of anilines is 1. The summed E-state index contributed by atoms with van der Waals surface area (Å²) < 4.78 is 19.6. The number of ether oxygens (including phenoxy) is 3. The highest BCUT2D eigenvalue weighted by Crippen LogP contribution is 2.43. The van der Waals surface area contributed by atoms with Gasteiger partial charge in [-0.25, -0.2) is 4.98 Å². The molecule has 1 aliphatic rings. The van der Waals surface area contributed by atoms with Crippen molar-refractivity contribution < 1.29 is 19.0 Å². The van der Waals surface area contributed by atoms with Crippen molar-refractivity contribution in [3.05, 3.63) is 53.2 Å². The van der Waals surface area contributed by atoms with Gasteiger partial charge in [0.25, 0.3) is 0 Å². The van der Waals surface area contributed by atoms with Gasteiger partial charge in [-0.2, -0.15) is 9.78 Å². The number of hydrogen-bond donors (Lipinski definition) is 1. The molecule has 3 heterocycles. The molecule has 0 saturated heterocycles. The fourth-order valence-corrected chi connectivity index (χ4v) is 5.32. The largest absolute Gasteiger partial charge is 0.497 e. The standard InChI is InChI=1S/C25H26N4O4S/c1-5-32-19-10-7-15(11-20(19)33-6-2)17-13-22(30)27-24-23(17)14(3)28-29(24)25-26-18-9-8-16(31-4)12-21(18)34-25/h7-12,17H,5-6,13H2,1-4H3,(H,27,30)/t17-/m0/s1. The maximum absolute atomic E-state index is 12.8. The first-order chi connectivity index (χ1) is 16.5. The van der Waals surface area contributed by atoms with Crippen LogP contribution in [0.1, 0.15) is 43.0 Å². The molecule has 0 fully saturated rings. The number of nitrogens with one attached hydrogen (secondary N) is 1. The van der Waals surface area contributed by atoms with Crippen LogP contribution in [-0.2, 0) is 4.79 Å². The van der Waals surface area contributed by atoms with E-state index in [1.807, 2.05) is 57.2 Å². The van der Waals surface area contributed by atoms with E-state index in [1.54, 1.807) is 11.8 Å². The Kier molecular flexibility index (Phi) is 5.87. The highest BCUT2D eigenvalue weighted by atomic mass is 32.1. The van der Waals surface area contributed by atoms with Gasteiger partial charge in [-0.15, -0.1) is 0 Å². The Balaban J connectivity index is 1.60. The summed E-state index contributed by atoms with van der Waals surface area (Å²) in [4.78, 5) is 17.5. The molecule has 9 heteroatoms. The third kappa shape index (κ3) is 3.86. The zero-order chi connectivity index (χ0) is 23.8. The zero-order valence-electron chi connectivity index (χ0n) is 19.5. The van der Waals surface area contributed by atoms with Crippen molar-refractivity contribution >= 4 is 33.3 Å². The number of hydrogen-bond acceptors (Lipinski definition) is 7. The van der Waals surface area contributed by atoms with E-state index in [2.05, 4.69) is 5.32 Å². The van der Waals surface area contributed by atoms with Gasteiger partial charge in [0.2, 0.25) is 11.0 Å². The van der Waals surface area contributed by atoms with Gasteiger partial charge >= 0.3 is 0 Å². The van der Waals surface area contributed by atoms with Gasteiger partial charge in [0.05, 0.1) is 36.2 Å². The molecule has 0 spiro atoms. The molecule has 1 aliphatic heterocycles. The van der Waals surface area contributed by atoms with Crippen molar-refractivity contribution in [1.29, 1.82) is 0 Å². The first-order valence-electron chi connectivity index (χ1n) is 11.3. The minimum Gasteiger partial charge on any atom is -0.497 e. The molecule has 1 N–H and O–H groups in total. The smallest absolute Gasteiger partial charge is 0.226 e. The van der Waals surface area contributed by atoms with Crippen LogP contribution >= 0.6 is 11.3 Å². The van der Waals surface area contributed by atoms with E-state index in [4.69, 9.17) is 24.3 Å². The maximum Gasteiger partial charge on any atom is 0.226 e. The number of benzene rings is 2. The van der Waals surface area contributed by atoms with E-state index in [0.29, 0.717) is 42.1 Å². The highest BCUT2D eigenvalue weighted by Gasteiger charge is 2.33. The summed E-state index contributed by atoms with van der Waals surface area (Å²) in [5, 5.41) is 8.50. The molecule has 0 radical (unpaired) electrons. The molecule has 176 valence electrons. The SMILES string of the molecule is CCOc1ccc([C@@H]2CC(=O)Nc3c2c(C)nn3-c2nc3ccc(OC)cc3s2)cc1OCC. The van der Waals surface area contributed by atoms with Gasteiger partial charge in [0, 0.05) is 17.9 Å². The number of amides is 1. The van der Waals surface area contributed by atoms with Crippen molar-refractivity contribution in [2.24, 2.45) is 0 Å². The molecule has 0 bridgehead atoms. The monoisotopic (exact) mass is 478 g/mol. The van der Waals surface area contributed by atoms with Crippen molar-refractivity contribution in [2.45, 2.75) is 33.1 Å². The minimum atomic E-state index is -0.151. The maximum atomic E-state index is 12.8. The summed E-state index contributed by atoms with van der Waals surface area (Å²) in [5.74, 6) is 2.60. The number of methoxy groups -OCH3 is 1. The molecule has 0 saturated carbocycles. The Labute approximate surface area is 201 Å². The Morgan fingerprint density at radius 1 is 1.12 bits per heavy atom. The molecular weight excluding hydrogens is 452 g/mol. The van der Waals surface area contributed by atoms with Gasteiger partial charge < -0.3 is 19.5 Å². The number of carbonyl (C=O) groups excluding carboxylic acids is 1. The number of nitrogens with zero attached hydrogens (tertiary/aromatic N) is 3. The lowest BCUT2D eigenvalue weighted by atomic mass is 9.85. The van der Waals surface area contributed by atoms with Crippen molar-refractivity contribution in [3.8, 4) is 22.4 Å². The first kappa shape index (κ1) is 22.2. The van der Waals surface area contributed by atoms with Crippen LogP contribution in [0.5, 0.6) is 17.2 Å². The van der Waals surface area contributed by atoms with Crippen LogP contribution in [0.3, 0.4) is 0 Å². The van der Waals surface area contributed by atoms with Crippen LogP contribution in [0.15, 0.2) is 36.4 Å². The van der Waals surface area contributed by atoms with Gasteiger partial charge in [-0.1, -0.05) is 17.4 Å². The second kappa shape index (κ2) is 8.98. The van der Waals surface area contributed by atoms with E-state index in [1.165, 1.54) is 11.3 Å². The molecule has 2 aromatic carbocycles. The molecular formula is C25H26N4O4S. The molecule has 8 nitrogen and oxygen atoms in total. The molecule has 0 unspecified atom stereocenters. The predicted octanol–water partition coefficient (Wildman–Crippen LogP) is 5.07. The normalized spacial score (nSPS) is 15.2. The Bertz CT molecular complexity index is 1380. The van der Waals surface area contributed by atoms with Crippen LogP contribution < -0.4 is 19.5 Å². The van der Waals surface area contributed by atoms with Crippen LogP contribution in [0.25, 0.3) is 15.3 Å². The van der Waals surface area contributed by atoms with E-state index in [0.717, 1.165) is 32.8 Å². The van der Waals surface area contributed by atoms with Gasteiger partial charge in [-0.3, -0.25) is 4.79 Å². The lowest BCUT2D eigenvalue weighted by Gasteiger charge is -2.25. The molecule has 4 aromatic rings. The van der Waals surface area contributed by atoms with E-state index in [9.17, 15) is 4.79 Å². The van der Waals surface area contributed by atoms with Crippen molar-refractivity contribution in [2.75, 3.05) is 25.6 Å². The second-order valence-corrected chi connectivity index (χ2v) is 8.98. The topological polar surface area (TPSA) is 87.5 Å². The summed E-state index contributed by atoms with van der Waals surface area (Å²) >= 11 is 1.50. The number of fused-ring (bicyclic) bond motifs is 2. The van der Waals surface area contributed by atoms with Crippen LogP contribution in [0, 0.1) is 6.92 Å². The minimum absolute atomic E-state index is 0.0618. The quantitative estimate of drug-likeness (QED) is 0.399. The van der Waals surface area contributed by atoms with Gasteiger partial charge in [0.1, 0.15) is 11.6 Å². The number of thiazole rings is 1. The van der Waals surface area contributed by atoms with Crippen LogP contribution in [0.2, 0.25) is 0 Å². The average molecular weight is 479 g/mol. The lowest BCUT2D eigenvalue weighted by Crippen LogP contribution is -2.25. The summed E-state index contributed by atoms with van der Waals surface area (Å²) in [7, 11) is 1.64. The fourth-order valence-electron chi connectivity index (χ4n) is 4.37. The molecule has 2 aromatic heterocycles. The summed E-state index contributed by atoms with van der Waals surface area (Å²) in [5.41, 5.74) is 3.68. The Hall–Kier alpha value is -3.59. The third-order valence-corrected chi connectivity index (χ3v) is 6.83. The van der Waals surface area contributed by atoms with Gasteiger partial charge in [-0.05, 0) is 56.7 Å². The number of carbonyl (C=O) groups is 1. The first-order valence-corrected chi connectivity index (χ1v) is 12.1. The molecule has 1 amide bonds. The van der Waals surface area contributed by atoms with Gasteiger partial charge in [0.15, 0.2) is 11.5 Å².